The number of hydrogen-bond acceptors (Lipinski definition) is 3. The average molecular weight is 226 g/mol. The second-order valence-electron chi connectivity index (χ2n) is 3.28. The average Bonchev–Trinajstić information content (AvgIpc) is 2.26. The van der Waals surface area contributed by atoms with Gasteiger partial charge in [-0.05, 0) is 30.8 Å². The Morgan fingerprint density at radius 3 is 2.62 bits per heavy atom. The van der Waals surface area contributed by atoms with E-state index in [1.54, 1.807) is 0 Å². The van der Waals surface area contributed by atoms with E-state index in [1.807, 2.05) is 6.92 Å². The van der Waals surface area contributed by atoms with Crippen LogP contribution in [0.15, 0.2) is 24.3 Å². The number of carbonyl (C=O) groups is 1. The molecule has 0 aliphatic heterocycles. The highest BCUT2D eigenvalue weighted by molar-refractivity contribution is 5.80. The van der Waals surface area contributed by atoms with Crippen molar-refractivity contribution in [3.63, 3.8) is 0 Å². The summed E-state index contributed by atoms with van der Waals surface area (Å²) < 4.78 is 17.9. The number of amides is 1. The molecule has 88 valence electrons. The molecule has 0 saturated heterocycles. The third-order valence-electron chi connectivity index (χ3n) is 2.02. The van der Waals surface area contributed by atoms with Crippen molar-refractivity contribution in [2.75, 3.05) is 13.2 Å². The summed E-state index contributed by atoms with van der Waals surface area (Å²) in [5.74, 6) is -0.292. The molecule has 5 heteroatoms. The van der Waals surface area contributed by atoms with Crippen LogP contribution in [-0.4, -0.2) is 25.1 Å². The Hall–Kier alpha value is -1.62. The van der Waals surface area contributed by atoms with Gasteiger partial charge in [0.05, 0.1) is 0 Å². The van der Waals surface area contributed by atoms with Gasteiger partial charge in [0.1, 0.15) is 24.2 Å². The van der Waals surface area contributed by atoms with Gasteiger partial charge in [-0.2, -0.15) is 0 Å². The number of ether oxygens (including phenoxy) is 1. The summed E-state index contributed by atoms with van der Waals surface area (Å²) in [6, 6.07) is 5.05. The quantitative estimate of drug-likeness (QED) is 0.749. The zero-order chi connectivity index (χ0) is 12.0. The van der Waals surface area contributed by atoms with Crippen molar-refractivity contribution >= 4 is 5.91 Å². The van der Waals surface area contributed by atoms with Gasteiger partial charge in [-0.1, -0.05) is 6.92 Å². The fourth-order valence-corrected chi connectivity index (χ4v) is 1.20. The van der Waals surface area contributed by atoms with Gasteiger partial charge in [0, 0.05) is 0 Å². The lowest BCUT2D eigenvalue weighted by Gasteiger charge is -2.14. The van der Waals surface area contributed by atoms with E-state index in [0.29, 0.717) is 12.3 Å². The Balaban J connectivity index is 2.48. The molecular weight excluding hydrogens is 211 g/mol. The zero-order valence-corrected chi connectivity index (χ0v) is 9.07. The molecule has 0 aliphatic carbocycles. The lowest BCUT2D eigenvalue weighted by Crippen LogP contribution is -2.45. The summed E-state index contributed by atoms with van der Waals surface area (Å²) in [7, 11) is 0. The van der Waals surface area contributed by atoms with Gasteiger partial charge in [-0.15, -0.1) is 0 Å². The molecule has 16 heavy (non-hydrogen) atoms. The fraction of sp³-hybridized carbons (Fsp3) is 0.364. The van der Waals surface area contributed by atoms with E-state index < -0.39 is 11.9 Å². The van der Waals surface area contributed by atoms with Crippen LogP contribution in [0.1, 0.15) is 6.92 Å². The predicted molar refractivity (Wildman–Crippen MR) is 58.6 cm³/mol. The molecule has 1 aromatic rings. The van der Waals surface area contributed by atoms with Gasteiger partial charge in [0.15, 0.2) is 0 Å². The number of rotatable bonds is 6. The summed E-state index contributed by atoms with van der Waals surface area (Å²) in [5.41, 5.74) is 5.17. The Morgan fingerprint density at radius 2 is 2.12 bits per heavy atom. The first-order valence-corrected chi connectivity index (χ1v) is 5.04. The van der Waals surface area contributed by atoms with E-state index in [2.05, 4.69) is 5.32 Å². The number of likely N-dealkylation sites (N-methyl/N-ethyl adjacent to an activating group) is 1. The normalized spacial score (nSPS) is 12.1. The van der Waals surface area contributed by atoms with Crippen LogP contribution in [-0.2, 0) is 4.79 Å². The minimum atomic E-state index is -0.532. The van der Waals surface area contributed by atoms with Gasteiger partial charge < -0.3 is 15.8 Å². The van der Waals surface area contributed by atoms with Crippen molar-refractivity contribution in [1.82, 2.24) is 5.32 Å². The standard InChI is InChI=1S/C11H15FN2O2/c1-2-14-10(11(13)15)7-16-9-5-3-8(12)4-6-9/h3-6,10,14H,2,7H2,1H3,(H2,13,15). The maximum absolute atomic E-state index is 12.6. The van der Waals surface area contributed by atoms with Crippen LogP contribution in [0, 0.1) is 5.82 Å². The molecule has 0 saturated carbocycles. The van der Waals surface area contributed by atoms with Crippen LogP contribution >= 0.6 is 0 Å². The molecule has 0 bridgehead atoms. The van der Waals surface area contributed by atoms with Crippen LogP contribution in [0.5, 0.6) is 5.75 Å². The van der Waals surface area contributed by atoms with Gasteiger partial charge in [0.2, 0.25) is 5.91 Å². The van der Waals surface area contributed by atoms with E-state index in [9.17, 15) is 9.18 Å². The molecule has 1 amide bonds. The molecule has 0 aromatic heterocycles. The van der Waals surface area contributed by atoms with Crippen LogP contribution < -0.4 is 15.8 Å². The molecule has 1 aromatic carbocycles. The number of hydrogen-bond donors (Lipinski definition) is 2. The number of nitrogens with two attached hydrogens (primary N) is 1. The Kier molecular flexibility index (Phi) is 4.72. The zero-order valence-electron chi connectivity index (χ0n) is 9.07. The van der Waals surface area contributed by atoms with E-state index in [-0.39, 0.29) is 12.4 Å². The topological polar surface area (TPSA) is 64.3 Å². The molecule has 4 nitrogen and oxygen atoms in total. The van der Waals surface area contributed by atoms with E-state index in [1.165, 1.54) is 24.3 Å². The third kappa shape index (κ3) is 3.86. The first-order chi connectivity index (χ1) is 7.63. The largest absolute Gasteiger partial charge is 0.491 e. The maximum atomic E-state index is 12.6. The molecule has 0 spiro atoms. The molecule has 3 N–H and O–H groups in total. The Morgan fingerprint density at radius 1 is 1.50 bits per heavy atom. The van der Waals surface area contributed by atoms with Crippen molar-refractivity contribution < 1.29 is 13.9 Å². The molecule has 0 aliphatic rings. The molecular formula is C11H15FN2O2. The van der Waals surface area contributed by atoms with Crippen molar-refractivity contribution in [1.29, 1.82) is 0 Å². The second kappa shape index (κ2) is 6.07. The van der Waals surface area contributed by atoms with Gasteiger partial charge in [-0.3, -0.25) is 4.79 Å². The summed E-state index contributed by atoms with van der Waals surface area (Å²) in [4.78, 5) is 11.0. The smallest absolute Gasteiger partial charge is 0.238 e. The van der Waals surface area contributed by atoms with Crippen LogP contribution in [0.4, 0.5) is 4.39 Å². The van der Waals surface area contributed by atoms with Crippen LogP contribution in [0.3, 0.4) is 0 Å². The van der Waals surface area contributed by atoms with Gasteiger partial charge in [-0.25, -0.2) is 4.39 Å². The molecule has 1 atom stereocenters. The van der Waals surface area contributed by atoms with Crippen molar-refractivity contribution in [2.24, 2.45) is 5.73 Å². The highest BCUT2D eigenvalue weighted by atomic mass is 19.1. The summed E-state index contributed by atoms with van der Waals surface area (Å²) in [5, 5.41) is 2.89. The highest BCUT2D eigenvalue weighted by Gasteiger charge is 2.14. The predicted octanol–water partition coefficient (Wildman–Crippen LogP) is 0.668. The number of benzene rings is 1. The van der Waals surface area contributed by atoms with Crippen molar-refractivity contribution in [2.45, 2.75) is 13.0 Å². The summed E-state index contributed by atoms with van der Waals surface area (Å²) >= 11 is 0. The monoisotopic (exact) mass is 226 g/mol. The molecule has 0 heterocycles. The minimum Gasteiger partial charge on any atom is -0.491 e. The SMILES string of the molecule is CCNC(COc1ccc(F)cc1)C(N)=O. The van der Waals surface area contributed by atoms with E-state index >= 15 is 0 Å². The van der Waals surface area contributed by atoms with Crippen LogP contribution in [0.25, 0.3) is 0 Å². The maximum Gasteiger partial charge on any atom is 0.238 e. The molecule has 1 rings (SSSR count). The van der Waals surface area contributed by atoms with Gasteiger partial charge >= 0.3 is 0 Å². The number of nitrogens with one attached hydrogen (secondary N) is 1. The van der Waals surface area contributed by atoms with Crippen molar-refractivity contribution in [3.8, 4) is 5.75 Å². The Bertz CT molecular complexity index is 340. The lowest BCUT2D eigenvalue weighted by atomic mass is 10.3. The van der Waals surface area contributed by atoms with Crippen LogP contribution in [0.2, 0.25) is 0 Å². The Labute approximate surface area is 93.6 Å². The third-order valence-corrected chi connectivity index (χ3v) is 2.02. The summed E-state index contributed by atoms with van der Waals surface area (Å²) in [6.07, 6.45) is 0. The number of primary amides is 1. The number of halogens is 1. The van der Waals surface area contributed by atoms with Gasteiger partial charge in [0.25, 0.3) is 0 Å². The molecule has 0 fully saturated rings. The fourth-order valence-electron chi connectivity index (χ4n) is 1.20. The van der Waals surface area contributed by atoms with E-state index in [4.69, 9.17) is 10.5 Å². The van der Waals surface area contributed by atoms with E-state index in [0.717, 1.165) is 0 Å². The summed E-state index contributed by atoms with van der Waals surface area (Å²) in [6.45, 7) is 2.63. The first-order valence-electron chi connectivity index (χ1n) is 5.04. The lowest BCUT2D eigenvalue weighted by molar-refractivity contribution is -0.120. The molecule has 0 radical (unpaired) electrons. The number of carbonyl (C=O) groups excluding carboxylic acids is 1. The first kappa shape index (κ1) is 12.4. The highest BCUT2D eigenvalue weighted by Crippen LogP contribution is 2.11. The van der Waals surface area contributed by atoms with Crippen molar-refractivity contribution in [3.05, 3.63) is 30.1 Å². The minimum absolute atomic E-state index is 0.134. The molecule has 1 unspecified atom stereocenters. The second-order valence-corrected chi connectivity index (χ2v) is 3.28.